The Bertz CT molecular complexity index is 1830. The van der Waals surface area contributed by atoms with Crippen molar-refractivity contribution in [2.75, 3.05) is 11.5 Å². The Morgan fingerprint density at radius 1 is 0.725 bits per heavy atom. The van der Waals surface area contributed by atoms with Gasteiger partial charge in [0.15, 0.2) is 12.4 Å². The number of para-hydroxylation sites is 1. The van der Waals surface area contributed by atoms with E-state index in [1.165, 1.54) is 12.1 Å². The number of Topliss-reactive ketones (excluding diaryl/α,β-unsaturated/α-hetero) is 1. The van der Waals surface area contributed by atoms with E-state index in [4.69, 9.17) is 4.74 Å². The summed E-state index contributed by atoms with van der Waals surface area (Å²) in [4.78, 5) is 57.8. The van der Waals surface area contributed by atoms with Crippen LogP contribution in [0.5, 0.6) is 0 Å². The van der Waals surface area contributed by atoms with Crippen molar-refractivity contribution in [1.29, 1.82) is 0 Å². The highest BCUT2D eigenvalue weighted by Crippen LogP contribution is 2.34. The molecule has 7 nitrogen and oxygen atoms in total. The SMILES string of the molecule is Cc1nc2ccccc2c2c1C(=O)N(c1cccc(C(=O)OCC(=O)c3ccc(-c4ccccc4)cc3)c1)C2=O. The van der Waals surface area contributed by atoms with Crippen LogP contribution in [0.4, 0.5) is 5.69 Å². The van der Waals surface area contributed by atoms with E-state index < -0.39 is 24.4 Å². The van der Waals surface area contributed by atoms with Crippen LogP contribution in [0, 0.1) is 6.92 Å². The van der Waals surface area contributed by atoms with Crippen LogP contribution in [0.15, 0.2) is 103 Å². The third kappa shape index (κ3) is 4.33. The number of carbonyl (C=O) groups is 4. The lowest BCUT2D eigenvalue weighted by Gasteiger charge is -2.15. The van der Waals surface area contributed by atoms with Crippen LogP contribution < -0.4 is 4.90 Å². The molecule has 4 aromatic carbocycles. The molecule has 0 radical (unpaired) electrons. The summed E-state index contributed by atoms with van der Waals surface area (Å²) in [5.74, 6) is -2.08. The summed E-state index contributed by atoms with van der Waals surface area (Å²) >= 11 is 0. The minimum atomic E-state index is -0.740. The van der Waals surface area contributed by atoms with Crippen LogP contribution >= 0.6 is 0 Å². The Morgan fingerprint density at radius 2 is 1.40 bits per heavy atom. The fourth-order valence-corrected chi connectivity index (χ4v) is 4.92. The molecule has 0 spiro atoms. The minimum Gasteiger partial charge on any atom is -0.454 e. The number of imide groups is 1. The fraction of sp³-hybridized carbons (Fsp3) is 0.0606. The summed E-state index contributed by atoms with van der Waals surface area (Å²) < 4.78 is 5.28. The van der Waals surface area contributed by atoms with Gasteiger partial charge in [0.2, 0.25) is 0 Å². The van der Waals surface area contributed by atoms with E-state index in [9.17, 15) is 19.2 Å². The topological polar surface area (TPSA) is 93.6 Å². The third-order valence-electron chi connectivity index (χ3n) is 6.90. The van der Waals surface area contributed by atoms with Gasteiger partial charge in [0, 0.05) is 10.9 Å². The number of nitrogens with zero attached hydrogens (tertiary/aromatic N) is 2. The highest BCUT2D eigenvalue weighted by atomic mass is 16.5. The molecule has 7 heteroatoms. The molecule has 0 atom stereocenters. The molecule has 0 saturated carbocycles. The van der Waals surface area contributed by atoms with Gasteiger partial charge in [-0.1, -0.05) is 78.9 Å². The highest BCUT2D eigenvalue weighted by molar-refractivity contribution is 6.37. The van der Waals surface area contributed by atoms with Crippen LogP contribution in [-0.4, -0.2) is 35.2 Å². The molecule has 0 N–H and O–H groups in total. The fourth-order valence-electron chi connectivity index (χ4n) is 4.92. The molecule has 194 valence electrons. The van der Waals surface area contributed by atoms with Gasteiger partial charge in [-0.05, 0) is 42.3 Å². The lowest BCUT2D eigenvalue weighted by molar-refractivity contribution is 0.0474. The first-order valence-electron chi connectivity index (χ1n) is 12.7. The van der Waals surface area contributed by atoms with Crippen molar-refractivity contribution >= 4 is 40.2 Å². The van der Waals surface area contributed by atoms with Crippen molar-refractivity contribution in [2.45, 2.75) is 6.92 Å². The number of fused-ring (bicyclic) bond motifs is 3. The minimum absolute atomic E-state index is 0.112. The van der Waals surface area contributed by atoms with E-state index in [1.807, 2.05) is 48.5 Å². The smallest absolute Gasteiger partial charge is 0.338 e. The van der Waals surface area contributed by atoms with Gasteiger partial charge in [-0.2, -0.15) is 0 Å². The van der Waals surface area contributed by atoms with E-state index in [0.717, 1.165) is 16.0 Å². The van der Waals surface area contributed by atoms with Gasteiger partial charge in [0.1, 0.15) is 0 Å². The number of amides is 2. The quantitative estimate of drug-likeness (QED) is 0.152. The molecule has 0 bridgehead atoms. The number of hydrogen-bond acceptors (Lipinski definition) is 6. The van der Waals surface area contributed by atoms with Crippen molar-refractivity contribution < 1.29 is 23.9 Å². The zero-order chi connectivity index (χ0) is 27.8. The van der Waals surface area contributed by atoms with Crippen LogP contribution in [0.1, 0.15) is 47.1 Å². The van der Waals surface area contributed by atoms with Crippen LogP contribution in [-0.2, 0) is 4.74 Å². The normalized spacial score (nSPS) is 12.5. The second-order valence-corrected chi connectivity index (χ2v) is 9.40. The molecule has 2 heterocycles. The van der Waals surface area contributed by atoms with Crippen LogP contribution in [0.3, 0.4) is 0 Å². The number of ether oxygens (including phenoxy) is 1. The highest BCUT2D eigenvalue weighted by Gasteiger charge is 2.40. The maximum absolute atomic E-state index is 13.5. The average Bonchev–Trinajstić information content (AvgIpc) is 3.26. The number of aromatic nitrogens is 1. The lowest BCUT2D eigenvalue weighted by atomic mass is 10.0. The molecule has 0 aliphatic carbocycles. The number of pyridine rings is 1. The van der Waals surface area contributed by atoms with Gasteiger partial charge in [-0.15, -0.1) is 0 Å². The zero-order valence-corrected chi connectivity index (χ0v) is 21.5. The van der Waals surface area contributed by atoms with Gasteiger partial charge < -0.3 is 4.74 Å². The summed E-state index contributed by atoms with van der Waals surface area (Å²) in [5, 5.41) is 0.592. The number of esters is 1. The number of ketones is 1. The third-order valence-corrected chi connectivity index (χ3v) is 6.90. The number of anilines is 1. The number of benzene rings is 4. The van der Waals surface area contributed by atoms with Gasteiger partial charge in [-0.3, -0.25) is 19.4 Å². The predicted molar refractivity (Wildman–Crippen MR) is 151 cm³/mol. The van der Waals surface area contributed by atoms with Crippen molar-refractivity contribution in [1.82, 2.24) is 4.98 Å². The molecule has 2 amide bonds. The maximum Gasteiger partial charge on any atom is 0.338 e. The maximum atomic E-state index is 13.5. The van der Waals surface area contributed by atoms with E-state index in [1.54, 1.807) is 49.4 Å². The van der Waals surface area contributed by atoms with Crippen molar-refractivity contribution in [3.63, 3.8) is 0 Å². The average molecular weight is 527 g/mol. The van der Waals surface area contributed by atoms with Crippen LogP contribution in [0.2, 0.25) is 0 Å². The Labute approximate surface area is 229 Å². The van der Waals surface area contributed by atoms with E-state index in [-0.39, 0.29) is 22.6 Å². The standard InChI is InChI=1S/C33H22N2O5/c1-20-29-30(26-12-5-6-13-27(26)34-20)32(38)35(31(29)37)25-11-7-10-24(18-25)33(39)40-19-28(36)23-16-14-22(15-17-23)21-8-3-2-4-9-21/h2-18H,19H2,1H3. The van der Waals surface area contributed by atoms with Gasteiger partial charge in [-0.25, -0.2) is 9.69 Å². The first kappa shape index (κ1) is 24.9. The first-order valence-corrected chi connectivity index (χ1v) is 12.7. The molecule has 0 fully saturated rings. The predicted octanol–water partition coefficient (Wildman–Crippen LogP) is 6.05. The van der Waals surface area contributed by atoms with Gasteiger partial charge in [0.25, 0.3) is 11.8 Å². The number of carbonyl (C=O) groups excluding carboxylic acids is 4. The molecule has 40 heavy (non-hydrogen) atoms. The Kier molecular flexibility index (Phi) is 6.24. The molecule has 1 aromatic heterocycles. The molecular weight excluding hydrogens is 504 g/mol. The number of hydrogen-bond donors (Lipinski definition) is 0. The zero-order valence-electron chi connectivity index (χ0n) is 21.5. The summed E-state index contributed by atoms with van der Waals surface area (Å²) in [6.07, 6.45) is 0. The largest absolute Gasteiger partial charge is 0.454 e. The van der Waals surface area contributed by atoms with Crippen molar-refractivity contribution in [2.24, 2.45) is 0 Å². The van der Waals surface area contributed by atoms with E-state index >= 15 is 0 Å². The van der Waals surface area contributed by atoms with Crippen molar-refractivity contribution in [3.05, 3.63) is 131 Å². The van der Waals surface area contributed by atoms with Crippen molar-refractivity contribution in [3.8, 4) is 11.1 Å². The van der Waals surface area contributed by atoms with Crippen LogP contribution in [0.25, 0.3) is 22.0 Å². The van der Waals surface area contributed by atoms with Gasteiger partial charge >= 0.3 is 5.97 Å². The van der Waals surface area contributed by atoms with Gasteiger partial charge in [0.05, 0.1) is 33.6 Å². The Balaban J connectivity index is 1.18. The Hall–Kier alpha value is -5.43. The summed E-state index contributed by atoms with van der Waals surface area (Å²) in [5.41, 5.74) is 4.39. The first-order chi connectivity index (χ1) is 19.4. The monoisotopic (exact) mass is 526 g/mol. The lowest BCUT2D eigenvalue weighted by Crippen LogP contribution is -2.29. The molecular formula is C33H22N2O5. The second-order valence-electron chi connectivity index (χ2n) is 9.40. The molecule has 1 aliphatic heterocycles. The summed E-state index contributed by atoms with van der Waals surface area (Å²) in [7, 11) is 0. The summed E-state index contributed by atoms with van der Waals surface area (Å²) in [6.45, 7) is 1.25. The molecule has 6 rings (SSSR count). The van der Waals surface area contributed by atoms with E-state index in [0.29, 0.717) is 27.7 Å². The number of aryl methyl sites for hydroxylation is 1. The molecule has 0 saturated heterocycles. The van der Waals surface area contributed by atoms with E-state index in [2.05, 4.69) is 4.98 Å². The second kappa shape index (κ2) is 10.0. The molecule has 5 aromatic rings. The molecule has 1 aliphatic rings. The summed E-state index contributed by atoms with van der Waals surface area (Å²) in [6, 6.07) is 30.1. The number of rotatable bonds is 6. The Morgan fingerprint density at radius 3 is 2.17 bits per heavy atom. The molecule has 0 unspecified atom stereocenters.